The number of rotatable bonds is 29. The minimum absolute atomic E-state index is 0.515. The Kier molecular flexibility index (Phi) is 29.9. The molecule has 0 saturated carbocycles. The van der Waals surface area contributed by atoms with E-state index in [4.69, 9.17) is 0 Å². The first-order valence-corrected chi connectivity index (χ1v) is 16.0. The quantitative estimate of drug-likeness (QED) is 0.0774. The number of carbonyl (C=O) groups excluding carboxylic acids is 1. The first kappa shape index (κ1) is 33.4. The van der Waals surface area contributed by atoms with Crippen LogP contribution in [0.2, 0.25) is 0 Å². The van der Waals surface area contributed by atoms with Crippen LogP contribution in [0.4, 0.5) is 0 Å². The summed E-state index contributed by atoms with van der Waals surface area (Å²) in [6.07, 6.45) is 41.5. The predicted octanol–water partition coefficient (Wildman–Crippen LogP) is 12.1. The normalized spacial score (nSPS) is 11.6. The minimum atomic E-state index is 0.515. The fourth-order valence-corrected chi connectivity index (χ4v) is 4.86. The van der Waals surface area contributed by atoms with Gasteiger partial charge in [-0.1, -0.05) is 154 Å². The van der Waals surface area contributed by atoms with Crippen molar-refractivity contribution < 1.29 is 4.79 Å². The molecule has 0 saturated heterocycles. The monoisotopic (exact) mass is 476 g/mol. The number of allylic oxidation sites excluding steroid dienone is 2. The van der Waals surface area contributed by atoms with Crippen molar-refractivity contribution in [1.29, 1.82) is 0 Å². The second kappa shape index (κ2) is 30.4. The maximum Gasteiger partial charge on any atom is 0.132 e. The van der Waals surface area contributed by atoms with Crippen molar-refractivity contribution in [3.63, 3.8) is 0 Å². The number of carbonyl (C=O) groups is 1. The van der Waals surface area contributed by atoms with E-state index in [1.54, 1.807) is 0 Å². The molecule has 0 aliphatic carbocycles. The van der Waals surface area contributed by atoms with Crippen molar-refractivity contribution in [2.24, 2.45) is 0 Å². The van der Waals surface area contributed by atoms with Crippen LogP contribution in [0.3, 0.4) is 0 Å². The van der Waals surface area contributed by atoms with Crippen LogP contribution in [0.1, 0.15) is 194 Å². The Morgan fingerprint density at radius 3 is 0.971 bits per heavy atom. The van der Waals surface area contributed by atoms with Gasteiger partial charge in [0.25, 0.3) is 0 Å². The second-order valence-corrected chi connectivity index (χ2v) is 10.9. The zero-order valence-electron chi connectivity index (χ0n) is 23.9. The van der Waals surface area contributed by atoms with Gasteiger partial charge in [0.1, 0.15) is 5.78 Å². The standard InChI is InChI=1S/C33H64O/c1-3-5-7-9-11-13-15-17-18-20-22-24-26-28-30-32-33(34)31-29-27-25-23-21-19-16-14-12-10-8-6-4-2/h17-18H,3-16,19-32H2,1-2H3. The van der Waals surface area contributed by atoms with Crippen molar-refractivity contribution in [3.05, 3.63) is 12.2 Å². The number of hydrogen-bond donors (Lipinski definition) is 0. The zero-order chi connectivity index (χ0) is 24.8. The molecule has 0 aliphatic heterocycles. The molecule has 34 heavy (non-hydrogen) atoms. The van der Waals surface area contributed by atoms with Gasteiger partial charge in [0.15, 0.2) is 0 Å². The Morgan fingerprint density at radius 2 is 0.647 bits per heavy atom. The van der Waals surface area contributed by atoms with E-state index in [2.05, 4.69) is 26.0 Å². The van der Waals surface area contributed by atoms with Crippen LogP contribution in [0.25, 0.3) is 0 Å². The van der Waals surface area contributed by atoms with Gasteiger partial charge < -0.3 is 0 Å². The Labute approximate surface area is 216 Å². The van der Waals surface area contributed by atoms with Crippen LogP contribution in [-0.2, 0) is 4.79 Å². The topological polar surface area (TPSA) is 17.1 Å². The van der Waals surface area contributed by atoms with E-state index in [9.17, 15) is 4.79 Å². The molecule has 0 N–H and O–H groups in total. The molecule has 0 bridgehead atoms. The third kappa shape index (κ3) is 29.4. The summed E-state index contributed by atoms with van der Waals surface area (Å²) in [7, 11) is 0. The summed E-state index contributed by atoms with van der Waals surface area (Å²) >= 11 is 0. The maximum absolute atomic E-state index is 12.1. The molecule has 0 unspecified atom stereocenters. The molecule has 0 radical (unpaired) electrons. The highest BCUT2D eigenvalue weighted by Gasteiger charge is 2.02. The molecule has 0 amide bonds. The van der Waals surface area contributed by atoms with Gasteiger partial charge in [-0.2, -0.15) is 0 Å². The van der Waals surface area contributed by atoms with Crippen LogP contribution in [0.15, 0.2) is 12.2 Å². The Balaban J connectivity index is 3.19. The Hall–Kier alpha value is -0.590. The van der Waals surface area contributed by atoms with Crippen LogP contribution in [0.5, 0.6) is 0 Å². The lowest BCUT2D eigenvalue weighted by Gasteiger charge is -2.04. The summed E-state index contributed by atoms with van der Waals surface area (Å²) in [4.78, 5) is 12.1. The average molecular weight is 477 g/mol. The number of ketones is 1. The number of hydrogen-bond acceptors (Lipinski definition) is 1. The van der Waals surface area contributed by atoms with E-state index in [1.807, 2.05) is 0 Å². The highest BCUT2D eigenvalue weighted by Crippen LogP contribution is 2.14. The van der Waals surface area contributed by atoms with Gasteiger partial charge in [0, 0.05) is 12.8 Å². The summed E-state index contributed by atoms with van der Waals surface area (Å²) in [6, 6.07) is 0. The molecule has 0 aromatic heterocycles. The Bertz CT molecular complexity index is 411. The Morgan fingerprint density at radius 1 is 0.382 bits per heavy atom. The van der Waals surface area contributed by atoms with Gasteiger partial charge in [0.2, 0.25) is 0 Å². The van der Waals surface area contributed by atoms with Crippen molar-refractivity contribution in [1.82, 2.24) is 0 Å². The summed E-state index contributed by atoms with van der Waals surface area (Å²) in [5.74, 6) is 0.515. The van der Waals surface area contributed by atoms with Gasteiger partial charge >= 0.3 is 0 Å². The van der Waals surface area contributed by atoms with E-state index in [0.717, 1.165) is 25.7 Å². The van der Waals surface area contributed by atoms with Gasteiger partial charge in [-0.25, -0.2) is 0 Å². The molecule has 1 nitrogen and oxygen atoms in total. The molecular formula is C33H64O. The minimum Gasteiger partial charge on any atom is -0.300 e. The van der Waals surface area contributed by atoms with Crippen LogP contribution in [0, 0.1) is 0 Å². The predicted molar refractivity (Wildman–Crippen MR) is 155 cm³/mol. The van der Waals surface area contributed by atoms with E-state index in [0.29, 0.717) is 5.78 Å². The lowest BCUT2D eigenvalue weighted by Crippen LogP contribution is -1.97. The first-order valence-electron chi connectivity index (χ1n) is 16.0. The molecule has 0 rings (SSSR count). The average Bonchev–Trinajstić information content (AvgIpc) is 2.84. The maximum atomic E-state index is 12.1. The molecule has 0 heterocycles. The van der Waals surface area contributed by atoms with E-state index >= 15 is 0 Å². The summed E-state index contributed by atoms with van der Waals surface area (Å²) < 4.78 is 0. The lowest BCUT2D eigenvalue weighted by atomic mass is 10.0. The van der Waals surface area contributed by atoms with Crippen molar-refractivity contribution in [3.8, 4) is 0 Å². The molecule has 0 aliphatic rings. The molecule has 0 aromatic carbocycles. The van der Waals surface area contributed by atoms with E-state index in [-0.39, 0.29) is 0 Å². The fourth-order valence-electron chi connectivity index (χ4n) is 4.86. The van der Waals surface area contributed by atoms with Gasteiger partial charge in [-0.15, -0.1) is 0 Å². The molecular weight excluding hydrogens is 412 g/mol. The second-order valence-electron chi connectivity index (χ2n) is 10.9. The SMILES string of the molecule is CCCCCCCCC=CCCCCCCCC(=O)CCCCCCCCCCCCCCC. The van der Waals surface area contributed by atoms with Crippen LogP contribution in [-0.4, -0.2) is 5.78 Å². The summed E-state index contributed by atoms with van der Waals surface area (Å²) in [5, 5.41) is 0. The van der Waals surface area contributed by atoms with Crippen LogP contribution < -0.4 is 0 Å². The van der Waals surface area contributed by atoms with Crippen LogP contribution >= 0.6 is 0 Å². The lowest BCUT2D eigenvalue weighted by molar-refractivity contribution is -0.119. The van der Waals surface area contributed by atoms with Crippen molar-refractivity contribution in [2.75, 3.05) is 0 Å². The van der Waals surface area contributed by atoms with Gasteiger partial charge in [0.05, 0.1) is 0 Å². The molecule has 0 atom stereocenters. The fraction of sp³-hybridized carbons (Fsp3) is 0.909. The molecule has 0 fully saturated rings. The largest absolute Gasteiger partial charge is 0.300 e. The number of unbranched alkanes of at least 4 members (excludes halogenated alkanes) is 23. The highest BCUT2D eigenvalue weighted by molar-refractivity contribution is 5.78. The third-order valence-corrected chi connectivity index (χ3v) is 7.28. The third-order valence-electron chi connectivity index (χ3n) is 7.28. The van der Waals surface area contributed by atoms with Gasteiger partial charge in [-0.05, 0) is 38.5 Å². The molecule has 202 valence electrons. The van der Waals surface area contributed by atoms with Crippen molar-refractivity contribution in [2.45, 2.75) is 194 Å². The molecule has 0 spiro atoms. The smallest absolute Gasteiger partial charge is 0.132 e. The summed E-state index contributed by atoms with van der Waals surface area (Å²) in [5.41, 5.74) is 0. The highest BCUT2D eigenvalue weighted by atomic mass is 16.1. The van der Waals surface area contributed by atoms with E-state index < -0.39 is 0 Å². The first-order chi connectivity index (χ1) is 16.8. The van der Waals surface area contributed by atoms with Crippen molar-refractivity contribution >= 4 is 5.78 Å². The number of Topliss-reactive ketones (excluding diaryl/α,β-unsaturated/α-hetero) is 1. The molecule has 1 heteroatoms. The summed E-state index contributed by atoms with van der Waals surface area (Å²) in [6.45, 7) is 4.57. The molecule has 0 aromatic rings. The van der Waals surface area contributed by atoms with Gasteiger partial charge in [-0.3, -0.25) is 4.79 Å². The van der Waals surface area contributed by atoms with E-state index in [1.165, 1.54) is 154 Å². The zero-order valence-corrected chi connectivity index (χ0v) is 23.9.